The second-order valence-electron chi connectivity index (χ2n) is 5.89. The number of aryl methyl sites for hydroxylation is 2. The maximum absolute atomic E-state index is 13.9. The average molecular weight is 333 g/mol. The van der Waals surface area contributed by atoms with E-state index in [1.165, 1.54) is 17.4 Å². The quantitative estimate of drug-likeness (QED) is 0.846. The number of thiazole rings is 1. The molecule has 0 bridgehead atoms. The predicted molar refractivity (Wildman–Crippen MR) is 90.7 cm³/mol. The molecule has 1 saturated heterocycles. The van der Waals surface area contributed by atoms with Crippen LogP contribution in [0.1, 0.15) is 27.3 Å². The first-order valence-corrected chi connectivity index (χ1v) is 8.53. The molecule has 1 aliphatic heterocycles. The number of carbonyl (C=O) groups is 1. The van der Waals surface area contributed by atoms with Crippen LogP contribution in [0.3, 0.4) is 0 Å². The van der Waals surface area contributed by atoms with Crippen LogP contribution in [-0.4, -0.2) is 41.5 Å². The fourth-order valence-electron chi connectivity index (χ4n) is 3.05. The highest BCUT2D eigenvalue weighted by molar-refractivity contribution is 7.13. The van der Waals surface area contributed by atoms with E-state index in [1.54, 1.807) is 12.1 Å². The molecular formula is C17H20FN3OS. The maximum atomic E-state index is 13.9. The Morgan fingerprint density at radius 2 is 2.04 bits per heavy atom. The van der Waals surface area contributed by atoms with Crippen molar-refractivity contribution in [3.05, 3.63) is 45.7 Å². The molecule has 1 aliphatic rings. The molecule has 0 N–H and O–H groups in total. The minimum absolute atomic E-state index is 0.0256. The molecule has 4 nitrogen and oxygen atoms in total. The fraction of sp³-hybridized carbons (Fsp3) is 0.412. The van der Waals surface area contributed by atoms with Crippen LogP contribution in [-0.2, 0) is 0 Å². The number of hydrogen-bond acceptors (Lipinski definition) is 4. The first kappa shape index (κ1) is 15.9. The Morgan fingerprint density at radius 1 is 1.30 bits per heavy atom. The monoisotopic (exact) mass is 333 g/mol. The van der Waals surface area contributed by atoms with Gasteiger partial charge in [0, 0.05) is 25.7 Å². The maximum Gasteiger partial charge on any atom is 0.266 e. The average Bonchev–Trinajstić information content (AvgIpc) is 2.85. The summed E-state index contributed by atoms with van der Waals surface area (Å²) in [7, 11) is 0. The molecule has 1 fully saturated rings. The van der Waals surface area contributed by atoms with Crippen LogP contribution in [0.25, 0.3) is 0 Å². The first-order valence-electron chi connectivity index (χ1n) is 7.72. The Balaban J connectivity index is 1.75. The number of amides is 1. The third kappa shape index (κ3) is 3.08. The highest BCUT2D eigenvalue weighted by Gasteiger charge is 2.30. The van der Waals surface area contributed by atoms with E-state index in [1.807, 2.05) is 36.6 Å². The van der Waals surface area contributed by atoms with Gasteiger partial charge in [-0.15, -0.1) is 11.3 Å². The molecule has 0 radical (unpaired) electrons. The molecule has 1 atom stereocenters. The molecule has 23 heavy (non-hydrogen) atoms. The van der Waals surface area contributed by atoms with Crippen molar-refractivity contribution in [3.8, 4) is 0 Å². The van der Waals surface area contributed by atoms with Gasteiger partial charge in [-0.05, 0) is 32.9 Å². The third-order valence-electron chi connectivity index (χ3n) is 4.18. The van der Waals surface area contributed by atoms with Gasteiger partial charge < -0.3 is 9.80 Å². The van der Waals surface area contributed by atoms with Crippen LogP contribution < -0.4 is 4.90 Å². The van der Waals surface area contributed by atoms with E-state index in [-0.39, 0.29) is 17.8 Å². The van der Waals surface area contributed by atoms with Gasteiger partial charge in [-0.2, -0.15) is 0 Å². The molecule has 1 unspecified atom stereocenters. The molecule has 0 aliphatic carbocycles. The van der Waals surface area contributed by atoms with Crippen molar-refractivity contribution in [3.63, 3.8) is 0 Å². The Kier molecular flexibility index (Phi) is 4.35. The van der Waals surface area contributed by atoms with Gasteiger partial charge in [0.1, 0.15) is 10.7 Å². The van der Waals surface area contributed by atoms with E-state index in [9.17, 15) is 9.18 Å². The number of para-hydroxylation sites is 1. The van der Waals surface area contributed by atoms with Gasteiger partial charge >= 0.3 is 0 Å². The molecule has 122 valence electrons. The predicted octanol–water partition coefficient (Wildman–Crippen LogP) is 3.25. The molecule has 2 heterocycles. The lowest BCUT2D eigenvalue weighted by Gasteiger charge is -2.41. The lowest BCUT2D eigenvalue weighted by Crippen LogP contribution is -2.54. The zero-order valence-electron chi connectivity index (χ0n) is 13.5. The summed E-state index contributed by atoms with van der Waals surface area (Å²) < 4.78 is 13.9. The number of halogens is 1. The summed E-state index contributed by atoms with van der Waals surface area (Å²) in [5.41, 5.74) is 1.40. The third-order valence-corrected chi connectivity index (χ3v) is 5.24. The number of rotatable bonds is 2. The second kappa shape index (κ2) is 6.28. The first-order chi connectivity index (χ1) is 11.0. The Labute approximate surface area is 139 Å². The van der Waals surface area contributed by atoms with Crippen LogP contribution in [0, 0.1) is 19.7 Å². The summed E-state index contributed by atoms with van der Waals surface area (Å²) in [6.07, 6.45) is 0. The van der Waals surface area contributed by atoms with Gasteiger partial charge in [0.25, 0.3) is 5.91 Å². The second-order valence-corrected chi connectivity index (χ2v) is 7.10. The number of piperazine rings is 1. The minimum atomic E-state index is -0.214. The number of nitrogens with zero attached hydrogens (tertiary/aromatic N) is 3. The summed E-state index contributed by atoms with van der Waals surface area (Å²) >= 11 is 1.44. The molecule has 3 rings (SSSR count). The van der Waals surface area contributed by atoms with Gasteiger partial charge in [0.2, 0.25) is 0 Å². The zero-order chi connectivity index (χ0) is 16.6. The molecule has 0 spiro atoms. The number of aromatic nitrogens is 1. The van der Waals surface area contributed by atoms with Crippen LogP contribution in [0.2, 0.25) is 0 Å². The van der Waals surface area contributed by atoms with Gasteiger partial charge in [0.05, 0.1) is 16.4 Å². The van der Waals surface area contributed by atoms with Crippen LogP contribution in [0.4, 0.5) is 10.1 Å². The van der Waals surface area contributed by atoms with E-state index in [2.05, 4.69) is 4.98 Å². The highest BCUT2D eigenvalue weighted by Crippen LogP contribution is 2.25. The number of benzene rings is 1. The topological polar surface area (TPSA) is 36.4 Å². The van der Waals surface area contributed by atoms with Crippen molar-refractivity contribution in [2.45, 2.75) is 26.8 Å². The standard InChI is InChI=1S/C17H20FN3OS/c1-11-10-20(15-7-5-4-6-14(15)18)8-9-21(11)17(22)16-12(2)19-13(3)23-16/h4-7,11H,8-10H2,1-3H3. The number of hydrogen-bond donors (Lipinski definition) is 0. The minimum Gasteiger partial charge on any atom is -0.365 e. The number of anilines is 1. The Hall–Kier alpha value is -1.95. The summed E-state index contributed by atoms with van der Waals surface area (Å²) in [6, 6.07) is 6.82. The van der Waals surface area contributed by atoms with Gasteiger partial charge in [-0.1, -0.05) is 12.1 Å². The van der Waals surface area contributed by atoms with E-state index < -0.39 is 0 Å². The van der Waals surface area contributed by atoms with Crippen molar-refractivity contribution in [1.82, 2.24) is 9.88 Å². The lowest BCUT2D eigenvalue weighted by atomic mass is 10.1. The van der Waals surface area contributed by atoms with Crippen LogP contribution >= 0.6 is 11.3 Å². The van der Waals surface area contributed by atoms with Crippen molar-refractivity contribution in [2.75, 3.05) is 24.5 Å². The Bertz CT molecular complexity index is 730. The number of carbonyl (C=O) groups excluding carboxylic acids is 1. The van der Waals surface area contributed by atoms with Crippen molar-refractivity contribution in [1.29, 1.82) is 0 Å². The van der Waals surface area contributed by atoms with Crippen molar-refractivity contribution in [2.24, 2.45) is 0 Å². The smallest absolute Gasteiger partial charge is 0.266 e. The van der Waals surface area contributed by atoms with Crippen LogP contribution in [0.15, 0.2) is 24.3 Å². The summed E-state index contributed by atoms with van der Waals surface area (Å²) in [4.78, 5) is 21.7. The summed E-state index contributed by atoms with van der Waals surface area (Å²) in [6.45, 7) is 7.64. The summed E-state index contributed by atoms with van der Waals surface area (Å²) in [5, 5.41) is 0.906. The molecule has 2 aromatic rings. The largest absolute Gasteiger partial charge is 0.365 e. The van der Waals surface area contributed by atoms with Gasteiger partial charge in [0.15, 0.2) is 0 Å². The van der Waals surface area contributed by atoms with E-state index >= 15 is 0 Å². The van der Waals surface area contributed by atoms with Gasteiger partial charge in [-0.3, -0.25) is 4.79 Å². The highest BCUT2D eigenvalue weighted by atomic mass is 32.1. The molecule has 6 heteroatoms. The fourth-order valence-corrected chi connectivity index (χ4v) is 3.92. The van der Waals surface area contributed by atoms with Gasteiger partial charge in [-0.25, -0.2) is 9.37 Å². The Morgan fingerprint density at radius 3 is 2.65 bits per heavy atom. The zero-order valence-corrected chi connectivity index (χ0v) is 14.4. The van der Waals surface area contributed by atoms with E-state index in [0.29, 0.717) is 30.2 Å². The van der Waals surface area contributed by atoms with Crippen LogP contribution in [0.5, 0.6) is 0 Å². The molecule has 0 saturated carbocycles. The molecule has 1 aromatic carbocycles. The SMILES string of the molecule is Cc1nc(C)c(C(=O)N2CCN(c3ccccc3F)CC2C)s1. The normalized spacial score (nSPS) is 18.3. The molecule has 1 amide bonds. The summed E-state index contributed by atoms with van der Waals surface area (Å²) in [5.74, 6) is -0.179. The molecule has 1 aromatic heterocycles. The van der Waals surface area contributed by atoms with Crippen molar-refractivity contribution >= 4 is 22.9 Å². The van der Waals surface area contributed by atoms with E-state index in [4.69, 9.17) is 0 Å². The lowest BCUT2D eigenvalue weighted by molar-refractivity contribution is 0.0678. The van der Waals surface area contributed by atoms with Crippen molar-refractivity contribution < 1.29 is 9.18 Å². The van der Waals surface area contributed by atoms with E-state index in [0.717, 1.165) is 10.7 Å². The molecular weight excluding hydrogens is 313 g/mol.